The maximum absolute atomic E-state index is 12.6. The van der Waals surface area contributed by atoms with Crippen LogP contribution in [0.15, 0.2) is 72.8 Å². The monoisotopic (exact) mass is 582 g/mol. The summed E-state index contributed by atoms with van der Waals surface area (Å²) < 4.78 is 94.5. The molecule has 0 radical (unpaired) electrons. The van der Waals surface area contributed by atoms with Gasteiger partial charge in [0.05, 0.1) is 5.69 Å². The predicted molar refractivity (Wildman–Crippen MR) is 131 cm³/mol. The van der Waals surface area contributed by atoms with Crippen LogP contribution in [0, 0.1) is 6.92 Å². The summed E-state index contributed by atoms with van der Waals surface area (Å²) in [7, 11) is 0. The standard InChI is InChI=1S/C27H20F6N2O6/c1-15-12-20(10-11-23(15)38-14-24(36)37)39-25(17-4-8-19(9-5-17)41-27(31,32)33)22-13-21(34-35-22)16-2-6-18(7-3-16)40-26(28,29)30/h2-13,25H,14H2,1H3,(H,34,35)(H,36,37). The van der Waals surface area contributed by atoms with Crippen LogP contribution in [0.3, 0.4) is 0 Å². The average molecular weight is 582 g/mol. The highest BCUT2D eigenvalue weighted by Crippen LogP contribution is 2.34. The number of alkyl halides is 6. The van der Waals surface area contributed by atoms with Crippen LogP contribution in [-0.4, -0.2) is 40.6 Å². The van der Waals surface area contributed by atoms with Crippen molar-refractivity contribution in [1.82, 2.24) is 10.2 Å². The molecule has 41 heavy (non-hydrogen) atoms. The Morgan fingerprint density at radius 1 is 0.854 bits per heavy atom. The van der Waals surface area contributed by atoms with Gasteiger partial charge in [0.25, 0.3) is 0 Å². The third kappa shape index (κ3) is 8.30. The Bertz CT molecular complexity index is 1480. The van der Waals surface area contributed by atoms with E-state index in [0.717, 1.165) is 24.3 Å². The minimum Gasteiger partial charge on any atom is -0.482 e. The average Bonchev–Trinajstić information content (AvgIpc) is 3.36. The van der Waals surface area contributed by atoms with Crippen LogP contribution < -0.4 is 18.9 Å². The number of aliphatic carboxylic acids is 1. The number of aromatic amines is 1. The topological polar surface area (TPSA) is 103 Å². The van der Waals surface area contributed by atoms with E-state index >= 15 is 0 Å². The quantitative estimate of drug-likeness (QED) is 0.198. The summed E-state index contributed by atoms with van der Waals surface area (Å²) in [6, 6.07) is 16.2. The lowest BCUT2D eigenvalue weighted by molar-refractivity contribution is -0.275. The first-order valence-electron chi connectivity index (χ1n) is 11.6. The largest absolute Gasteiger partial charge is 0.573 e. The molecule has 1 heterocycles. The number of carbonyl (C=O) groups is 1. The van der Waals surface area contributed by atoms with Crippen molar-refractivity contribution in [3.63, 3.8) is 0 Å². The van der Waals surface area contributed by atoms with Crippen molar-refractivity contribution in [2.24, 2.45) is 0 Å². The molecule has 0 fully saturated rings. The van der Waals surface area contributed by atoms with Gasteiger partial charge in [0.1, 0.15) is 28.7 Å². The molecule has 8 nitrogen and oxygen atoms in total. The number of aromatic nitrogens is 2. The number of H-pyrrole nitrogens is 1. The lowest BCUT2D eigenvalue weighted by Gasteiger charge is -2.19. The molecule has 1 atom stereocenters. The summed E-state index contributed by atoms with van der Waals surface area (Å²) in [5.74, 6) is -1.39. The highest BCUT2D eigenvalue weighted by Gasteiger charge is 2.32. The van der Waals surface area contributed by atoms with Crippen molar-refractivity contribution in [2.75, 3.05) is 6.61 Å². The highest BCUT2D eigenvalue weighted by atomic mass is 19.4. The maximum atomic E-state index is 12.6. The third-order valence-electron chi connectivity index (χ3n) is 5.43. The van der Waals surface area contributed by atoms with Gasteiger partial charge in [0, 0.05) is 0 Å². The molecule has 0 saturated carbocycles. The van der Waals surface area contributed by atoms with Gasteiger partial charge in [-0.25, -0.2) is 4.79 Å². The van der Waals surface area contributed by atoms with E-state index < -0.39 is 42.9 Å². The second-order valence-electron chi connectivity index (χ2n) is 8.50. The normalized spacial score (nSPS) is 12.5. The number of halogens is 6. The van der Waals surface area contributed by atoms with Crippen molar-refractivity contribution in [3.05, 3.63) is 89.6 Å². The fraction of sp³-hybridized carbons (Fsp3) is 0.185. The Morgan fingerprint density at radius 3 is 1.95 bits per heavy atom. The first-order valence-corrected chi connectivity index (χ1v) is 11.6. The van der Waals surface area contributed by atoms with E-state index in [-0.39, 0.29) is 0 Å². The Hall–Kier alpha value is -4.88. The Kier molecular flexibility index (Phi) is 8.31. The molecular formula is C27H20F6N2O6. The number of hydrogen-bond donors (Lipinski definition) is 2. The SMILES string of the molecule is Cc1cc(OC(c2ccc(OC(F)(F)F)cc2)c2cc(-c3ccc(OC(F)(F)F)cc3)[nH]n2)ccc1OCC(=O)O. The van der Waals surface area contributed by atoms with Crippen LogP contribution in [0.2, 0.25) is 0 Å². The summed E-state index contributed by atoms with van der Waals surface area (Å²) in [6.07, 6.45) is -10.7. The third-order valence-corrected chi connectivity index (χ3v) is 5.43. The van der Waals surface area contributed by atoms with Crippen molar-refractivity contribution < 1.29 is 55.2 Å². The minimum atomic E-state index is -4.88. The maximum Gasteiger partial charge on any atom is 0.573 e. The molecule has 3 aromatic carbocycles. The van der Waals surface area contributed by atoms with Crippen LogP contribution in [0.1, 0.15) is 22.9 Å². The zero-order chi connectivity index (χ0) is 29.8. The molecule has 0 spiro atoms. The molecule has 0 saturated heterocycles. The molecule has 1 aromatic heterocycles. The second-order valence-corrected chi connectivity index (χ2v) is 8.50. The van der Waals surface area contributed by atoms with Gasteiger partial charge in [-0.15, -0.1) is 26.3 Å². The molecule has 4 rings (SSSR count). The van der Waals surface area contributed by atoms with E-state index in [1.807, 2.05) is 0 Å². The van der Waals surface area contributed by atoms with E-state index in [2.05, 4.69) is 19.7 Å². The second kappa shape index (κ2) is 11.7. The zero-order valence-electron chi connectivity index (χ0n) is 20.9. The van der Waals surface area contributed by atoms with Gasteiger partial charge in [0.15, 0.2) is 12.7 Å². The lowest BCUT2D eigenvalue weighted by atomic mass is 10.0. The lowest BCUT2D eigenvalue weighted by Crippen LogP contribution is -2.17. The minimum absolute atomic E-state index is 0.295. The molecule has 2 N–H and O–H groups in total. The number of aryl methyl sites for hydroxylation is 1. The number of carboxylic acids is 1. The number of nitrogens with zero attached hydrogens (tertiary/aromatic N) is 1. The van der Waals surface area contributed by atoms with E-state index in [0.29, 0.717) is 39.6 Å². The van der Waals surface area contributed by atoms with Gasteiger partial charge in [-0.2, -0.15) is 5.10 Å². The van der Waals surface area contributed by atoms with Crippen molar-refractivity contribution in [2.45, 2.75) is 25.8 Å². The molecule has 216 valence electrons. The fourth-order valence-electron chi connectivity index (χ4n) is 3.73. The molecule has 0 aliphatic heterocycles. The van der Waals surface area contributed by atoms with E-state index in [4.69, 9.17) is 14.6 Å². The van der Waals surface area contributed by atoms with E-state index in [1.54, 1.807) is 19.1 Å². The number of rotatable bonds is 10. The number of ether oxygens (including phenoxy) is 4. The Labute approximate surface area is 228 Å². The number of benzene rings is 3. The molecular weight excluding hydrogens is 562 g/mol. The Morgan fingerprint density at radius 2 is 1.41 bits per heavy atom. The predicted octanol–water partition coefficient (Wildman–Crippen LogP) is 6.81. The molecule has 14 heteroatoms. The fourth-order valence-corrected chi connectivity index (χ4v) is 3.73. The van der Waals surface area contributed by atoms with Crippen LogP contribution in [-0.2, 0) is 4.79 Å². The van der Waals surface area contributed by atoms with Crippen LogP contribution in [0.4, 0.5) is 26.3 Å². The smallest absolute Gasteiger partial charge is 0.482 e. The van der Waals surface area contributed by atoms with Crippen molar-refractivity contribution >= 4 is 5.97 Å². The summed E-state index contributed by atoms with van der Waals surface area (Å²) >= 11 is 0. The van der Waals surface area contributed by atoms with Crippen molar-refractivity contribution in [1.29, 1.82) is 0 Å². The van der Waals surface area contributed by atoms with E-state index in [9.17, 15) is 31.1 Å². The van der Waals surface area contributed by atoms with Gasteiger partial charge in [0.2, 0.25) is 0 Å². The molecule has 0 bridgehead atoms. The van der Waals surface area contributed by atoms with Crippen LogP contribution in [0.25, 0.3) is 11.3 Å². The van der Waals surface area contributed by atoms with Crippen LogP contribution >= 0.6 is 0 Å². The zero-order valence-corrected chi connectivity index (χ0v) is 20.9. The highest BCUT2D eigenvalue weighted by molar-refractivity contribution is 5.68. The van der Waals surface area contributed by atoms with Gasteiger partial charge in [-0.3, -0.25) is 5.10 Å². The molecule has 0 aliphatic carbocycles. The van der Waals surface area contributed by atoms with Gasteiger partial charge < -0.3 is 24.1 Å². The van der Waals surface area contributed by atoms with Crippen molar-refractivity contribution in [3.8, 4) is 34.3 Å². The Balaban J connectivity index is 1.63. The van der Waals surface area contributed by atoms with E-state index in [1.165, 1.54) is 36.4 Å². The van der Waals surface area contributed by atoms with Gasteiger partial charge >= 0.3 is 18.7 Å². The number of nitrogens with one attached hydrogen (secondary N) is 1. The van der Waals surface area contributed by atoms with Gasteiger partial charge in [-0.05, 0) is 84.3 Å². The molecule has 0 aliphatic rings. The summed E-state index contributed by atoms with van der Waals surface area (Å²) in [4.78, 5) is 10.8. The first-order chi connectivity index (χ1) is 19.3. The number of hydrogen-bond acceptors (Lipinski definition) is 6. The number of carboxylic acid groups (broad SMARTS) is 1. The van der Waals surface area contributed by atoms with Crippen LogP contribution in [0.5, 0.6) is 23.0 Å². The molecule has 4 aromatic rings. The first kappa shape index (κ1) is 29.1. The summed E-state index contributed by atoms with van der Waals surface area (Å²) in [5, 5.41) is 15.9. The van der Waals surface area contributed by atoms with Gasteiger partial charge in [-0.1, -0.05) is 12.1 Å². The summed E-state index contributed by atoms with van der Waals surface area (Å²) in [6.45, 7) is 1.12. The molecule has 0 amide bonds. The molecule has 1 unspecified atom stereocenters. The summed E-state index contributed by atoms with van der Waals surface area (Å²) in [5.41, 5.74) is 2.14.